The Morgan fingerprint density at radius 2 is 2.00 bits per heavy atom. The lowest BCUT2D eigenvalue weighted by Crippen LogP contribution is -2.43. The molecule has 1 unspecified atom stereocenters. The third-order valence-electron chi connectivity index (χ3n) is 5.46. The fraction of sp³-hybridized carbons (Fsp3) is 0.650. The molecular weight excluding hydrogens is 330 g/mol. The molecule has 2 aliphatic heterocycles. The van der Waals surface area contributed by atoms with Gasteiger partial charge in [-0.05, 0) is 56.5 Å². The average Bonchev–Trinajstić information content (AvgIpc) is 3.19. The average molecular weight is 361 g/mol. The van der Waals surface area contributed by atoms with Gasteiger partial charge in [-0.15, -0.1) is 0 Å². The van der Waals surface area contributed by atoms with E-state index in [0.717, 1.165) is 31.7 Å². The third kappa shape index (κ3) is 4.75. The standard InChI is InChI=1S/C20H31N3O3/c1-25-16-7-5-15(6-8-16)18(23-11-3-2-4-12-23)14-22-20(24)19-10-9-17(13-21)26-19/h5-8,17-19H,2-4,9-14,21H2,1H3,(H,22,24)/t17-,18?,19+/m1/s1. The van der Waals surface area contributed by atoms with Crippen LogP contribution in [-0.2, 0) is 9.53 Å². The van der Waals surface area contributed by atoms with Crippen LogP contribution in [0.25, 0.3) is 0 Å². The number of nitrogens with two attached hydrogens (primary N) is 1. The van der Waals surface area contributed by atoms with Crippen LogP contribution < -0.4 is 15.8 Å². The summed E-state index contributed by atoms with van der Waals surface area (Å²) in [6.07, 6.45) is 4.99. The Kier molecular flexibility index (Phi) is 6.88. The molecule has 0 spiro atoms. The number of nitrogens with zero attached hydrogens (tertiary/aromatic N) is 1. The zero-order valence-electron chi connectivity index (χ0n) is 15.7. The van der Waals surface area contributed by atoms with Gasteiger partial charge in [0, 0.05) is 13.1 Å². The molecule has 0 bridgehead atoms. The van der Waals surface area contributed by atoms with Gasteiger partial charge in [0.05, 0.1) is 19.3 Å². The van der Waals surface area contributed by atoms with E-state index in [1.165, 1.54) is 24.8 Å². The molecule has 3 atom stereocenters. The summed E-state index contributed by atoms with van der Waals surface area (Å²) in [5, 5.41) is 3.12. The highest BCUT2D eigenvalue weighted by molar-refractivity contribution is 5.81. The Morgan fingerprint density at radius 3 is 2.62 bits per heavy atom. The first-order chi connectivity index (χ1) is 12.7. The Labute approximate surface area is 156 Å². The van der Waals surface area contributed by atoms with Gasteiger partial charge in [-0.3, -0.25) is 9.69 Å². The minimum Gasteiger partial charge on any atom is -0.497 e. The number of ether oxygens (including phenoxy) is 2. The lowest BCUT2D eigenvalue weighted by molar-refractivity contribution is -0.132. The van der Waals surface area contributed by atoms with E-state index in [2.05, 4.69) is 22.3 Å². The summed E-state index contributed by atoms with van der Waals surface area (Å²) in [6.45, 7) is 3.22. The van der Waals surface area contributed by atoms with Gasteiger partial charge >= 0.3 is 0 Å². The second-order valence-electron chi connectivity index (χ2n) is 7.19. The molecule has 2 aliphatic rings. The van der Waals surface area contributed by atoms with Gasteiger partial charge in [0.25, 0.3) is 0 Å². The first kappa shape index (κ1) is 19.1. The number of amides is 1. The number of nitrogens with one attached hydrogen (secondary N) is 1. The predicted molar refractivity (Wildman–Crippen MR) is 101 cm³/mol. The second kappa shape index (κ2) is 9.35. The van der Waals surface area contributed by atoms with Crippen molar-refractivity contribution < 1.29 is 14.3 Å². The molecule has 1 aromatic rings. The van der Waals surface area contributed by atoms with Crippen LogP contribution in [0.15, 0.2) is 24.3 Å². The van der Waals surface area contributed by atoms with Gasteiger partial charge in [-0.2, -0.15) is 0 Å². The quantitative estimate of drug-likeness (QED) is 0.775. The fourth-order valence-electron chi connectivity index (χ4n) is 3.90. The number of carbonyl (C=O) groups is 1. The topological polar surface area (TPSA) is 76.8 Å². The highest BCUT2D eigenvalue weighted by Crippen LogP contribution is 2.26. The van der Waals surface area contributed by atoms with Crippen LogP contribution in [-0.4, -0.2) is 56.3 Å². The molecule has 6 heteroatoms. The van der Waals surface area contributed by atoms with Crippen molar-refractivity contribution in [1.29, 1.82) is 0 Å². The van der Waals surface area contributed by atoms with Crippen molar-refractivity contribution in [3.05, 3.63) is 29.8 Å². The van der Waals surface area contributed by atoms with Crippen LogP contribution in [0.4, 0.5) is 0 Å². The maximum absolute atomic E-state index is 12.5. The van der Waals surface area contributed by atoms with E-state index in [-0.39, 0.29) is 24.2 Å². The zero-order valence-corrected chi connectivity index (χ0v) is 15.7. The molecular formula is C20H31N3O3. The maximum Gasteiger partial charge on any atom is 0.249 e. The largest absolute Gasteiger partial charge is 0.497 e. The van der Waals surface area contributed by atoms with Crippen molar-refractivity contribution in [3.8, 4) is 5.75 Å². The minimum absolute atomic E-state index is 0.0172. The van der Waals surface area contributed by atoms with E-state index >= 15 is 0 Å². The summed E-state index contributed by atoms with van der Waals surface area (Å²) in [5.74, 6) is 0.832. The Hall–Kier alpha value is -1.63. The number of benzene rings is 1. The smallest absolute Gasteiger partial charge is 0.249 e. The number of hydrogen-bond donors (Lipinski definition) is 2. The third-order valence-corrected chi connectivity index (χ3v) is 5.46. The molecule has 3 rings (SSSR count). The molecule has 2 heterocycles. The number of carbonyl (C=O) groups excluding carboxylic acids is 1. The first-order valence-electron chi connectivity index (χ1n) is 9.72. The van der Waals surface area contributed by atoms with Crippen molar-refractivity contribution >= 4 is 5.91 Å². The summed E-state index contributed by atoms with van der Waals surface area (Å²) in [7, 11) is 1.67. The zero-order chi connectivity index (χ0) is 18.4. The van der Waals surface area contributed by atoms with Gasteiger partial charge < -0.3 is 20.5 Å². The first-order valence-corrected chi connectivity index (χ1v) is 9.72. The van der Waals surface area contributed by atoms with Crippen LogP contribution in [0, 0.1) is 0 Å². The summed E-state index contributed by atoms with van der Waals surface area (Å²) in [6, 6.07) is 8.35. The van der Waals surface area contributed by atoms with E-state index in [4.69, 9.17) is 15.2 Å². The number of rotatable bonds is 7. The SMILES string of the molecule is COc1ccc(C(CNC(=O)[C@@H]2CC[C@H](CN)O2)N2CCCCC2)cc1. The number of piperidine rings is 1. The molecule has 0 aliphatic carbocycles. The highest BCUT2D eigenvalue weighted by Gasteiger charge is 2.31. The Bertz CT molecular complexity index is 572. The Balaban J connectivity index is 1.64. The molecule has 2 fully saturated rings. The van der Waals surface area contributed by atoms with Crippen LogP contribution in [0.1, 0.15) is 43.7 Å². The minimum atomic E-state index is -0.360. The van der Waals surface area contributed by atoms with Crippen LogP contribution in [0.2, 0.25) is 0 Å². The van der Waals surface area contributed by atoms with Gasteiger partial charge in [-0.25, -0.2) is 0 Å². The fourth-order valence-corrected chi connectivity index (χ4v) is 3.90. The van der Waals surface area contributed by atoms with Crippen molar-refractivity contribution in [3.63, 3.8) is 0 Å². The van der Waals surface area contributed by atoms with Crippen molar-refractivity contribution in [2.45, 2.75) is 50.4 Å². The van der Waals surface area contributed by atoms with Gasteiger partial charge in [0.1, 0.15) is 11.9 Å². The van der Waals surface area contributed by atoms with Crippen LogP contribution >= 0.6 is 0 Å². The van der Waals surface area contributed by atoms with E-state index < -0.39 is 0 Å². The maximum atomic E-state index is 12.5. The summed E-state index contributed by atoms with van der Waals surface area (Å²) < 4.78 is 11.0. The molecule has 0 aromatic heterocycles. The normalized spacial score (nSPS) is 25.0. The van der Waals surface area contributed by atoms with Crippen molar-refractivity contribution in [2.24, 2.45) is 5.73 Å². The number of likely N-dealkylation sites (tertiary alicyclic amines) is 1. The summed E-state index contributed by atoms with van der Waals surface area (Å²) in [5.41, 5.74) is 6.85. The predicted octanol–water partition coefficient (Wildman–Crippen LogP) is 1.84. The van der Waals surface area contributed by atoms with Crippen molar-refractivity contribution in [2.75, 3.05) is 33.3 Å². The number of methoxy groups -OCH3 is 1. The molecule has 0 saturated carbocycles. The molecule has 0 radical (unpaired) electrons. The van der Waals surface area contributed by atoms with Gasteiger partial charge in [0.15, 0.2) is 0 Å². The molecule has 1 aromatic carbocycles. The van der Waals surface area contributed by atoms with E-state index in [0.29, 0.717) is 13.1 Å². The van der Waals surface area contributed by atoms with Gasteiger partial charge in [-0.1, -0.05) is 18.6 Å². The van der Waals surface area contributed by atoms with Gasteiger partial charge in [0.2, 0.25) is 5.91 Å². The lowest BCUT2D eigenvalue weighted by Gasteiger charge is -2.35. The molecule has 1 amide bonds. The number of hydrogen-bond acceptors (Lipinski definition) is 5. The second-order valence-corrected chi connectivity index (χ2v) is 7.19. The Morgan fingerprint density at radius 1 is 1.27 bits per heavy atom. The van der Waals surface area contributed by atoms with E-state index in [1.807, 2.05) is 12.1 Å². The van der Waals surface area contributed by atoms with Crippen LogP contribution in [0.3, 0.4) is 0 Å². The monoisotopic (exact) mass is 361 g/mol. The molecule has 26 heavy (non-hydrogen) atoms. The molecule has 6 nitrogen and oxygen atoms in total. The molecule has 144 valence electrons. The highest BCUT2D eigenvalue weighted by atomic mass is 16.5. The van der Waals surface area contributed by atoms with E-state index in [9.17, 15) is 4.79 Å². The summed E-state index contributed by atoms with van der Waals surface area (Å²) in [4.78, 5) is 15.0. The van der Waals surface area contributed by atoms with Crippen molar-refractivity contribution in [1.82, 2.24) is 10.2 Å². The van der Waals surface area contributed by atoms with Crippen LogP contribution in [0.5, 0.6) is 5.75 Å². The molecule has 2 saturated heterocycles. The van der Waals surface area contributed by atoms with E-state index in [1.54, 1.807) is 7.11 Å². The lowest BCUT2D eigenvalue weighted by atomic mass is 10.0. The summed E-state index contributed by atoms with van der Waals surface area (Å²) >= 11 is 0. The molecule has 3 N–H and O–H groups in total.